The third kappa shape index (κ3) is 6.20. The van der Waals surface area contributed by atoms with Crippen LogP contribution >= 0.6 is 0 Å². The highest BCUT2D eigenvalue weighted by Crippen LogP contribution is 2.19. The molecule has 6 nitrogen and oxygen atoms in total. The molecule has 0 fully saturated rings. The molecular weight excluding hydrogens is 310 g/mol. The van der Waals surface area contributed by atoms with E-state index in [1.165, 1.54) is 4.90 Å². The Morgan fingerprint density at radius 3 is 2.46 bits per heavy atom. The number of carbonyl (C=O) groups is 2. The number of nitrogens with zero attached hydrogens (tertiary/aromatic N) is 1. The molecule has 24 heavy (non-hydrogen) atoms. The second kappa shape index (κ2) is 8.68. The lowest BCUT2D eigenvalue weighted by Crippen LogP contribution is -2.40. The van der Waals surface area contributed by atoms with Gasteiger partial charge in [0.25, 0.3) is 0 Å². The van der Waals surface area contributed by atoms with Crippen LogP contribution in [0.3, 0.4) is 0 Å². The number of aliphatic hydroxyl groups excluding tert-OH is 1. The maximum atomic E-state index is 12.4. The van der Waals surface area contributed by atoms with Gasteiger partial charge in [-0.2, -0.15) is 0 Å². The molecule has 0 saturated heterocycles. The van der Waals surface area contributed by atoms with Crippen LogP contribution in [0.2, 0.25) is 0 Å². The number of rotatable bonds is 6. The molecule has 0 atom stereocenters. The van der Waals surface area contributed by atoms with Crippen LogP contribution in [-0.4, -0.2) is 40.8 Å². The van der Waals surface area contributed by atoms with Crippen molar-refractivity contribution in [1.82, 2.24) is 4.90 Å². The Hall–Kier alpha value is -2.08. The molecule has 134 valence electrons. The van der Waals surface area contributed by atoms with E-state index in [1.807, 2.05) is 19.1 Å². The molecule has 0 aliphatic rings. The van der Waals surface area contributed by atoms with E-state index in [-0.39, 0.29) is 26.3 Å². The van der Waals surface area contributed by atoms with Gasteiger partial charge in [0.2, 0.25) is 0 Å². The average Bonchev–Trinajstić information content (AvgIpc) is 2.46. The molecule has 0 aliphatic heterocycles. The fourth-order valence-electron chi connectivity index (χ4n) is 2.20. The second-order valence-corrected chi connectivity index (χ2v) is 6.51. The Morgan fingerprint density at radius 1 is 1.25 bits per heavy atom. The summed E-state index contributed by atoms with van der Waals surface area (Å²) in [6, 6.07) is 5.53. The van der Waals surface area contributed by atoms with Crippen LogP contribution in [0.5, 0.6) is 0 Å². The van der Waals surface area contributed by atoms with Gasteiger partial charge in [0, 0.05) is 0 Å². The molecule has 0 aromatic heterocycles. The highest BCUT2D eigenvalue weighted by atomic mass is 16.6. The number of carbonyl (C=O) groups excluding carboxylic acids is 2. The summed E-state index contributed by atoms with van der Waals surface area (Å²) in [5.74, 6) is -0.498. The summed E-state index contributed by atoms with van der Waals surface area (Å²) in [5, 5.41) is 9.52. The van der Waals surface area contributed by atoms with Gasteiger partial charge in [-0.15, -0.1) is 0 Å². The molecule has 1 rings (SSSR count). The molecule has 1 aromatic rings. The molecule has 0 radical (unpaired) electrons. The van der Waals surface area contributed by atoms with Crippen LogP contribution in [-0.2, 0) is 27.4 Å². The van der Waals surface area contributed by atoms with Gasteiger partial charge in [-0.1, -0.05) is 18.2 Å². The van der Waals surface area contributed by atoms with Gasteiger partial charge in [-0.3, -0.25) is 9.69 Å². The van der Waals surface area contributed by atoms with Gasteiger partial charge >= 0.3 is 12.1 Å². The van der Waals surface area contributed by atoms with Crippen LogP contribution in [0.15, 0.2) is 18.2 Å². The monoisotopic (exact) mass is 337 g/mol. The molecule has 0 spiro atoms. The minimum absolute atomic E-state index is 0.140. The first-order chi connectivity index (χ1) is 11.2. The first kappa shape index (κ1) is 20.0. The number of hydrogen-bond acceptors (Lipinski definition) is 5. The molecule has 0 unspecified atom stereocenters. The standard InChI is InChI=1S/C18H27NO5/c1-6-23-16(21)11-19(17(22)24-18(3,4)5)10-15-13(2)8-7-9-14(15)12-20/h7-9,20H,6,10-12H2,1-5H3. The summed E-state index contributed by atoms with van der Waals surface area (Å²) in [4.78, 5) is 25.6. The topological polar surface area (TPSA) is 76.1 Å². The van der Waals surface area contributed by atoms with Crippen molar-refractivity contribution in [3.05, 3.63) is 34.9 Å². The highest BCUT2D eigenvalue weighted by Gasteiger charge is 2.25. The lowest BCUT2D eigenvalue weighted by molar-refractivity contribution is -0.144. The van der Waals surface area contributed by atoms with Crippen LogP contribution in [0, 0.1) is 6.92 Å². The van der Waals surface area contributed by atoms with E-state index in [9.17, 15) is 14.7 Å². The maximum absolute atomic E-state index is 12.4. The lowest BCUT2D eigenvalue weighted by atomic mass is 10.0. The first-order valence-electron chi connectivity index (χ1n) is 7.99. The number of hydrogen-bond donors (Lipinski definition) is 1. The number of amides is 1. The Bertz CT molecular complexity index is 577. The van der Waals surface area contributed by atoms with Crippen molar-refractivity contribution in [3.63, 3.8) is 0 Å². The highest BCUT2D eigenvalue weighted by molar-refractivity contribution is 5.78. The largest absolute Gasteiger partial charge is 0.465 e. The van der Waals surface area contributed by atoms with Gasteiger partial charge in [-0.25, -0.2) is 4.79 Å². The van der Waals surface area contributed by atoms with Crippen molar-refractivity contribution in [2.24, 2.45) is 0 Å². The molecule has 1 amide bonds. The zero-order chi connectivity index (χ0) is 18.3. The van der Waals surface area contributed by atoms with Crippen molar-refractivity contribution in [1.29, 1.82) is 0 Å². The van der Waals surface area contributed by atoms with E-state index in [2.05, 4.69) is 0 Å². The Morgan fingerprint density at radius 2 is 1.92 bits per heavy atom. The number of aliphatic hydroxyl groups is 1. The van der Waals surface area contributed by atoms with Crippen LogP contribution in [0.4, 0.5) is 4.79 Å². The van der Waals surface area contributed by atoms with Crippen molar-refractivity contribution in [3.8, 4) is 0 Å². The Balaban J connectivity index is 3.05. The first-order valence-corrected chi connectivity index (χ1v) is 7.99. The van der Waals surface area contributed by atoms with Crippen LogP contribution < -0.4 is 0 Å². The third-order valence-corrected chi connectivity index (χ3v) is 3.30. The molecule has 0 heterocycles. The molecule has 1 aromatic carbocycles. The van der Waals surface area contributed by atoms with Crippen molar-refractivity contribution in [2.75, 3.05) is 13.2 Å². The Kier molecular flexibility index (Phi) is 7.22. The molecule has 0 aliphatic carbocycles. The summed E-state index contributed by atoms with van der Waals surface area (Å²) in [5.41, 5.74) is 1.77. The molecule has 0 saturated carbocycles. The van der Waals surface area contributed by atoms with E-state index >= 15 is 0 Å². The van der Waals surface area contributed by atoms with Crippen LogP contribution in [0.25, 0.3) is 0 Å². The maximum Gasteiger partial charge on any atom is 0.411 e. The van der Waals surface area contributed by atoms with Crippen molar-refractivity contribution in [2.45, 2.75) is 53.4 Å². The van der Waals surface area contributed by atoms with Crippen molar-refractivity contribution >= 4 is 12.1 Å². The number of benzene rings is 1. The predicted octanol–water partition coefficient (Wildman–Crippen LogP) is 2.79. The van der Waals surface area contributed by atoms with Gasteiger partial charge in [0.05, 0.1) is 19.8 Å². The fourth-order valence-corrected chi connectivity index (χ4v) is 2.20. The summed E-state index contributed by atoms with van der Waals surface area (Å²) in [7, 11) is 0. The van der Waals surface area contributed by atoms with E-state index in [4.69, 9.17) is 9.47 Å². The normalized spacial score (nSPS) is 11.1. The van der Waals surface area contributed by atoms with Gasteiger partial charge < -0.3 is 14.6 Å². The summed E-state index contributed by atoms with van der Waals surface area (Å²) in [6.07, 6.45) is -0.595. The summed E-state index contributed by atoms with van der Waals surface area (Å²) in [6.45, 7) is 8.96. The minimum atomic E-state index is -0.671. The molecule has 1 N–H and O–H groups in total. The van der Waals surface area contributed by atoms with Crippen LogP contribution in [0.1, 0.15) is 44.4 Å². The zero-order valence-electron chi connectivity index (χ0n) is 15.1. The van der Waals surface area contributed by atoms with E-state index in [0.29, 0.717) is 5.56 Å². The minimum Gasteiger partial charge on any atom is -0.465 e. The van der Waals surface area contributed by atoms with E-state index in [1.54, 1.807) is 33.8 Å². The lowest BCUT2D eigenvalue weighted by Gasteiger charge is -2.28. The van der Waals surface area contributed by atoms with Gasteiger partial charge in [0.15, 0.2) is 0 Å². The molecule has 0 bridgehead atoms. The Labute approximate surface area is 143 Å². The fraction of sp³-hybridized carbons (Fsp3) is 0.556. The molecular formula is C18H27NO5. The predicted molar refractivity (Wildman–Crippen MR) is 90.4 cm³/mol. The number of esters is 1. The second-order valence-electron chi connectivity index (χ2n) is 6.51. The van der Waals surface area contributed by atoms with Gasteiger partial charge in [0.1, 0.15) is 12.1 Å². The summed E-state index contributed by atoms with van der Waals surface area (Å²) >= 11 is 0. The number of aryl methyl sites for hydroxylation is 1. The van der Waals surface area contributed by atoms with Crippen molar-refractivity contribution < 1.29 is 24.2 Å². The smallest absolute Gasteiger partial charge is 0.411 e. The quantitative estimate of drug-likeness (QED) is 0.808. The summed E-state index contributed by atoms with van der Waals surface area (Å²) < 4.78 is 10.3. The van der Waals surface area contributed by atoms with E-state index < -0.39 is 17.7 Å². The number of ether oxygens (including phenoxy) is 2. The average molecular weight is 337 g/mol. The molecule has 6 heteroatoms. The third-order valence-electron chi connectivity index (χ3n) is 3.30. The van der Waals surface area contributed by atoms with Gasteiger partial charge in [-0.05, 0) is 51.3 Å². The zero-order valence-corrected chi connectivity index (χ0v) is 15.1. The van der Waals surface area contributed by atoms with E-state index in [0.717, 1.165) is 11.1 Å². The SMILES string of the molecule is CCOC(=O)CN(Cc1c(C)cccc1CO)C(=O)OC(C)(C)C.